The molecule has 2 saturated heterocycles. The van der Waals surface area contributed by atoms with Gasteiger partial charge in [-0.25, -0.2) is 5.43 Å². The number of rotatable bonds is 5. The molecule has 2 aromatic rings. The summed E-state index contributed by atoms with van der Waals surface area (Å²) in [6.45, 7) is 3.86. The molecule has 2 aliphatic heterocycles. The first kappa shape index (κ1) is 21.3. The third kappa shape index (κ3) is 5.21. The Bertz CT molecular complexity index is 876. The predicted molar refractivity (Wildman–Crippen MR) is 127 cm³/mol. The highest BCUT2D eigenvalue weighted by Gasteiger charge is 2.20. The van der Waals surface area contributed by atoms with E-state index in [4.69, 9.17) is 4.98 Å². The fraction of sp³-hybridized carbons (Fsp3) is 0.500. The quantitative estimate of drug-likeness (QED) is 0.427. The van der Waals surface area contributed by atoms with Crippen molar-refractivity contribution in [2.75, 3.05) is 41.4 Å². The van der Waals surface area contributed by atoms with Crippen LogP contribution in [0.4, 0.5) is 17.8 Å². The minimum Gasteiger partial charge on any atom is -0.506 e. The number of phenolic OH excluding ortho intramolecular Hbond substituents is 1. The summed E-state index contributed by atoms with van der Waals surface area (Å²) in [5.74, 6) is 1.95. The van der Waals surface area contributed by atoms with Crippen molar-refractivity contribution < 1.29 is 5.11 Å². The van der Waals surface area contributed by atoms with Gasteiger partial charge < -0.3 is 14.9 Å². The normalized spacial score (nSPS) is 17.5. The Labute approximate surface area is 193 Å². The van der Waals surface area contributed by atoms with Crippen LogP contribution in [0.3, 0.4) is 0 Å². The maximum atomic E-state index is 10.2. The number of benzene rings is 1. The van der Waals surface area contributed by atoms with E-state index in [2.05, 4.69) is 62.2 Å². The predicted octanol–water partition coefficient (Wildman–Crippen LogP) is 4.53. The van der Waals surface area contributed by atoms with Crippen molar-refractivity contribution in [3.05, 3.63) is 26.6 Å². The van der Waals surface area contributed by atoms with Crippen LogP contribution in [0, 0.1) is 0 Å². The van der Waals surface area contributed by atoms with E-state index in [0.29, 0.717) is 27.9 Å². The lowest BCUT2D eigenvalue weighted by molar-refractivity contribution is 0.471. The third-order valence-electron chi connectivity index (χ3n) is 5.32. The summed E-state index contributed by atoms with van der Waals surface area (Å²) < 4.78 is 1.44. The van der Waals surface area contributed by atoms with Crippen LogP contribution in [0.25, 0.3) is 0 Å². The first-order valence-electron chi connectivity index (χ1n) is 10.3. The summed E-state index contributed by atoms with van der Waals surface area (Å²) in [5, 5.41) is 14.5. The summed E-state index contributed by atoms with van der Waals surface area (Å²) >= 11 is 6.76. The molecule has 0 amide bonds. The number of hydrazone groups is 1. The van der Waals surface area contributed by atoms with Crippen molar-refractivity contribution in [3.63, 3.8) is 0 Å². The molecule has 0 saturated carbocycles. The van der Waals surface area contributed by atoms with Gasteiger partial charge in [0.1, 0.15) is 5.75 Å². The molecule has 8 nitrogen and oxygen atoms in total. The van der Waals surface area contributed by atoms with Crippen molar-refractivity contribution in [1.29, 1.82) is 0 Å². The molecule has 3 heterocycles. The number of hydrogen-bond acceptors (Lipinski definition) is 8. The first-order valence-corrected chi connectivity index (χ1v) is 11.9. The van der Waals surface area contributed by atoms with Gasteiger partial charge in [0.25, 0.3) is 0 Å². The maximum absolute atomic E-state index is 10.2. The van der Waals surface area contributed by atoms with Crippen LogP contribution >= 0.6 is 31.9 Å². The van der Waals surface area contributed by atoms with Crippen LogP contribution in [0.5, 0.6) is 5.75 Å². The molecule has 0 radical (unpaired) electrons. The zero-order valence-electron chi connectivity index (χ0n) is 16.7. The van der Waals surface area contributed by atoms with Gasteiger partial charge in [0.2, 0.25) is 17.8 Å². The number of halogens is 2. The molecule has 4 rings (SSSR count). The maximum Gasteiger partial charge on any atom is 0.250 e. The number of hydrogen-bond donors (Lipinski definition) is 2. The minimum atomic E-state index is 0.127. The molecule has 160 valence electrons. The van der Waals surface area contributed by atoms with Gasteiger partial charge in [-0.3, -0.25) is 0 Å². The van der Waals surface area contributed by atoms with Crippen LogP contribution in [-0.4, -0.2) is 52.5 Å². The zero-order valence-corrected chi connectivity index (χ0v) is 19.9. The van der Waals surface area contributed by atoms with E-state index in [-0.39, 0.29) is 5.75 Å². The van der Waals surface area contributed by atoms with Gasteiger partial charge in [0.15, 0.2) is 0 Å². The average molecular weight is 539 g/mol. The van der Waals surface area contributed by atoms with Gasteiger partial charge in [-0.15, -0.1) is 0 Å². The van der Waals surface area contributed by atoms with Crippen LogP contribution in [-0.2, 0) is 0 Å². The van der Waals surface area contributed by atoms with Crippen molar-refractivity contribution in [2.45, 2.75) is 38.5 Å². The Kier molecular flexibility index (Phi) is 7.04. The Morgan fingerprint density at radius 1 is 0.867 bits per heavy atom. The zero-order chi connectivity index (χ0) is 20.9. The molecule has 2 fully saturated rings. The summed E-state index contributed by atoms with van der Waals surface area (Å²) in [4.78, 5) is 18.4. The number of phenols is 1. The summed E-state index contributed by atoms with van der Waals surface area (Å²) in [7, 11) is 0. The van der Waals surface area contributed by atoms with E-state index < -0.39 is 0 Å². The topological polar surface area (TPSA) is 89.8 Å². The fourth-order valence-corrected chi connectivity index (χ4v) is 4.98. The Hall–Kier alpha value is -1.94. The highest BCUT2D eigenvalue weighted by atomic mass is 79.9. The monoisotopic (exact) mass is 537 g/mol. The molecule has 10 heteroatoms. The number of nitrogens with one attached hydrogen (secondary N) is 1. The highest BCUT2D eigenvalue weighted by Crippen LogP contribution is 2.30. The van der Waals surface area contributed by atoms with Gasteiger partial charge in [0, 0.05) is 36.2 Å². The Morgan fingerprint density at radius 3 is 2.00 bits per heavy atom. The summed E-state index contributed by atoms with van der Waals surface area (Å²) in [6, 6.07) is 3.57. The second-order valence-corrected chi connectivity index (χ2v) is 9.32. The standard InChI is InChI=1S/C20H25Br2N7O/c21-15-11-14(17(30)16(22)12-15)13-23-27-18-24-19(28-7-3-1-4-8-28)26-20(25-18)29-9-5-2-6-10-29/h11-13,30H,1-10H2,(H,24,25,26,27). The molecule has 0 bridgehead atoms. The van der Waals surface area contributed by atoms with Crippen molar-refractivity contribution in [3.8, 4) is 5.75 Å². The molecular formula is C20H25Br2N7O. The van der Waals surface area contributed by atoms with Gasteiger partial charge in [-0.05, 0) is 66.6 Å². The lowest BCUT2D eigenvalue weighted by Crippen LogP contribution is -2.34. The van der Waals surface area contributed by atoms with Crippen molar-refractivity contribution >= 4 is 55.9 Å². The molecular weight excluding hydrogens is 514 g/mol. The molecule has 0 aliphatic carbocycles. The van der Waals surface area contributed by atoms with Crippen LogP contribution in [0.15, 0.2) is 26.2 Å². The molecule has 30 heavy (non-hydrogen) atoms. The molecule has 2 aliphatic rings. The van der Waals surface area contributed by atoms with Crippen molar-refractivity contribution in [2.24, 2.45) is 5.10 Å². The lowest BCUT2D eigenvalue weighted by atomic mass is 10.1. The Balaban J connectivity index is 1.58. The average Bonchev–Trinajstić information content (AvgIpc) is 2.78. The van der Waals surface area contributed by atoms with Crippen LogP contribution < -0.4 is 15.2 Å². The lowest BCUT2D eigenvalue weighted by Gasteiger charge is -2.30. The first-order chi connectivity index (χ1) is 14.6. The summed E-state index contributed by atoms with van der Waals surface area (Å²) in [5.41, 5.74) is 3.50. The van der Waals surface area contributed by atoms with E-state index >= 15 is 0 Å². The van der Waals surface area contributed by atoms with Crippen LogP contribution in [0.2, 0.25) is 0 Å². The van der Waals surface area contributed by atoms with E-state index in [0.717, 1.165) is 56.3 Å². The molecule has 0 atom stereocenters. The molecule has 0 unspecified atom stereocenters. The van der Waals surface area contributed by atoms with Crippen LogP contribution in [0.1, 0.15) is 44.1 Å². The molecule has 0 spiro atoms. The molecule has 1 aromatic carbocycles. The molecule has 1 aromatic heterocycles. The number of nitrogens with zero attached hydrogens (tertiary/aromatic N) is 6. The largest absolute Gasteiger partial charge is 0.506 e. The van der Waals surface area contributed by atoms with E-state index in [1.165, 1.54) is 12.8 Å². The SMILES string of the molecule is Oc1c(Br)cc(Br)cc1C=NNc1nc(N2CCCCC2)nc(N2CCCCC2)n1. The number of aromatic nitrogens is 3. The van der Waals surface area contributed by atoms with Gasteiger partial charge in [-0.2, -0.15) is 20.1 Å². The number of aromatic hydroxyl groups is 1. The number of anilines is 3. The minimum absolute atomic E-state index is 0.127. The van der Waals surface area contributed by atoms with E-state index in [9.17, 15) is 5.11 Å². The number of piperidine rings is 2. The fourth-order valence-electron chi connectivity index (χ4n) is 3.72. The van der Waals surface area contributed by atoms with E-state index in [1.54, 1.807) is 18.3 Å². The summed E-state index contributed by atoms with van der Waals surface area (Å²) in [6.07, 6.45) is 8.68. The second-order valence-electron chi connectivity index (χ2n) is 7.55. The third-order valence-corrected chi connectivity index (χ3v) is 6.38. The van der Waals surface area contributed by atoms with Gasteiger partial charge in [-0.1, -0.05) is 15.9 Å². The van der Waals surface area contributed by atoms with Gasteiger partial charge in [0.05, 0.1) is 10.7 Å². The smallest absolute Gasteiger partial charge is 0.250 e. The highest BCUT2D eigenvalue weighted by molar-refractivity contribution is 9.11. The molecule has 2 N–H and O–H groups in total. The van der Waals surface area contributed by atoms with E-state index in [1.807, 2.05) is 0 Å². The Morgan fingerprint density at radius 2 is 1.43 bits per heavy atom. The second kappa shape index (κ2) is 9.91. The van der Waals surface area contributed by atoms with Crippen molar-refractivity contribution in [1.82, 2.24) is 15.0 Å². The van der Waals surface area contributed by atoms with Gasteiger partial charge >= 0.3 is 0 Å².